The molecule has 0 radical (unpaired) electrons. The van der Waals surface area contributed by atoms with Crippen molar-refractivity contribution < 1.29 is 32.0 Å². The molecular weight excluding hydrogens is 440 g/mol. The molecule has 1 amide bonds. The summed E-state index contributed by atoms with van der Waals surface area (Å²) >= 11 is 0. The summed E-state index contributed by atoms with van der Waals surface area (Å²) in [5.74, 6) is -0.708. The third-order valence-corrected chi connectivity index (χ3v) is 6.66. The van der Waals surface area contributed by atoms with E-state index in [0.29, 0.717) is 37.8 Å². The average molecular weight is 467 g/mol. The summed E-state index contributed by atoms with van der Waals surface area (Å²) in [4.78, 5) is 27.3. The first-order chi connectivity index (χ1) is 15.1. The number of hydrogen-bond acceptors (Lipinski definition) is 9. The maximum atomic E-state index is 13.0. The third-order valence-electron chi connectivity index (χ3n) is 4.85. The molecule has 0 aliphatic carbocycles. The number of benzene rings is 1. The van der Waals surface area contributed by atoms with Gasteiger partial charge in [0.25, 0.3) is 5.91 Å². The number of esters is 1. The number of rotatable bonds is 7. The van der Waals surface area contributed by atoms with Gasteiger partial charge in [-0.25, -0.2) is 17.5 Å². The van der Waals surface area contributed by atoms with Gasteiger partial charge in [-0.2, -0.15) is 0 Å². The molecule has 3 rings (SSSR count). The number of ether oxygens (including phenoxy) is 2. The number of amides is 1. The van der Waals surface area contributed by atoms with Gasteiger partial charge in [0.1, 0.15) is 5.76 Å². The van der Waals surface area contributed by atoms with Crippen molar-refractivity contribution in [2.24, 2.45) is 0 Å². The molecule has 12 heteroatoms. The summed E-state index contributed by atoms with van der Waals surface area (Å²) in [7, 11) is -0.971. The topological polar surface area (TPSA) is 131 Å². The number of nitrogens with zero attached hydrogens (tertiary/aromatic N) is 3. The zero-order valence-corrected chi connectivity index (χ0v) is 19.1. The summed E-state index contributed by atoms with van der Waals surface area (Å²) in [6, 6.07) is 5.81. The van der Waals surface area contributed by atoms with Crippen molar-refractivity contribution in [1.29, 1.82) is 0 Å². The number of aromatic nitrogens is 1. The number of anilines is 2. The summed E-state index contributed by atoms with van der Waals surface area (Å²) in [6.07, 6.45) is -1.16. The number of carbonyl (C=O) groups is 2. The Hall–Kier alpha value is -2.96. The van der Waals surface area contributed by atoms with Crippen molar-refractivity contribution in [2.75, 3.05) is 50.6 Å². The summed E-state index contributed by atoms with van der Waals surface area (Å²) < 4.78 is 41.9. The molecule has 2 aromatic rings. The van der Waals surface area contributed by atoms with E-state index < -0.39 is 28.0 Å². The van der Waals surface area contributed by atoms with Gasteiger partial charge in [-0.15, -0.1) is 0 Å². The number of hydrogen-bond donors (Lipinski definition) is 1. The second-order valence-corrected chi connectivity index (χ2v) is 9.58. The van der Waals surface area contributed by atoms with E-state index in [1.54, 1.807) is 13.0 Å². The molecule has 0 unspecified atom stereocenters. The van der Waals surface area contributed by atoms with E-state index in [2.05, 4.69) is 10.5 Å². The molecule has 11 nitrogen and oxygen atoms in total. The number of aryl methyl sites for hydroxylation is 1. The van der Waals surface area contributed by atoms with Crippen molar-refractivity contribution >= 4 is 33.4 Å². The first-order valence-corrected chi connectivity index (χ1v) is 11.4. The van der Waals surface area contributed by atoms with Gasteiger partial charge in [0.2, 0.25) is 10.0 Å². The SMILES string of the molecule is Cc1cc(NC(=O)[C@H](C)OC(=O)c2cc(S(=O)(=O)N(C)C)ccc2N2CCOCC2)no1. The molecule has 1 N–H and O–H groups in total. The van der Waals surface area contributed by atoms with Gasteiger partial charge in [0, 0.05) is 33.3 Å². The Kier molecular flexibility index (Phi) is 7.16. The highest BCUT2D eigenvalue weighted by atomic mass is 32.2. The molecule has 2 heterocycles. The Labute approximate surface area is 186 Å². The quantitative estimate of drug-likeness (QED) is 0.599. The Morgan fingerprint density at radius 2 is 1.91 bits per heavy atom. The van der Waals surface area contributed by atoms with Crippen LogP contribution in [0.4, 0.5) is 11.5 Å². The zero-order valence-electron chi connectivity index (χ0n) is 18.3. The predicted octanol–water partition coefficient (Wildman–Crippen LogP) is 1.25. The van der Waals surface area contributed by atoms with E-state index in [-0.39, 0.29) is 16.3 Å². The Balaban J connectivity index is 1.86. The highest BCUT2D eigenvalue weighted by molar-refractivity contribution is 7.89. The van der Waals surface area contributed by atoms with Crippen LogP contribution in [-0.2, 0) is 24.3 Å². The second kappa shape index (κ2) is 9.67. The van der Waals surface area contributed by atoms with Crippen molar-refractivity contribution in [1.82, 2.24) is 9.46 Å². The predicted molar refractivity (Wildman–Crippen MR) is 115 cm³/mol. The highest BCUT2D eigenvalue weighted by Gasteiger charge is 2.27. The van der Waals surface area contributed by atoms with Crippen molar-refractivity contribution in [2.45, 2.75) is 24.8 Å². The van der Waals surface area contributed by atoms with Crippen LogP contribution in [0, 0.1) is 6.92 Å². The van der Waals surface area contributed by atoms with Crippen LogP contribution in [-0.4, -0.2) is 76.3 Å². The highest BCUT2D eigenvalue weighted by Crippen LogP contribution is 2.27. The molecule has 1 aromatic heterocycles. The first-order valence-electron chi connectivity index (χ1n) is 9.94. The minimum atomic E-state index is -3.78. The van der Waals surface area contributed by atoms with E-state index >= 15 is 0 Å². The molecule has 1 fully saturated rings. The average Bonchev–Trinajstić information content (AvgIpc) is 3.18. The fraction of sp³-hybridized carbons (Fsp3) is 0.450. The van der Waals surface area contributed by atoms with Gasteiger partial charge in [0.05, 0.1) is 29.4 Å². The minimum absolute atomic E-state index is 0.0479. The third kappa shape index (κ3) is 5.26. The van der Waals surface area contributed by atoms with Crippen LogP contribution in [0.1, 0.15) is 23.0 Å². The van der Waals surface area contributed by atoms with Crippen LogP contribution >= 0.6 is 0 Å². The van der Waals surface area contributed by atoms with E-state index in [4.69, 9.17) is 14.0 Å². The van der Waals surface area contributed by atoms with Crippen LogP contribution in [0.2, 0.25) is 0 Å². The Morgan fingerprint density at radius 1 is 1.22 bits per heavy atom. The second-order valence-electron chi connectivity index (χ2n) is 7.43. The number of sulfonamides is 1. The molecule has 1 atom stereocenters. The van der Waals surface area contributed by atoms with E-state index in [0.717, 1.165) is 4.31 Å². The fourth-order valence-corrected chi connectivity index (χ4v) is 3.99. The normalized spacial score (nSPS) is 15.5. The molecular formula is C20H26N4O7S. The Bertz CT molecular complexity index is 1090. The lowest BCUT2D eigenvalue weighted by molar-refractivity contribution is -0.123. The monoisotopic (exact) mass is 466 g/mol. The smallest absolute Gasteiger partial charge is 0.341 e. The van der Waals surface area contributed by atoms with Crippen molar-refractivity contribution in [3.63, 3.8) is 0 Å². The number of nitrogens with one attached hydrogen (secondary N) is 1. The summed E-state index contributed by atoms with van der Waals surface area (Å²) in [6.45, 7) is 5.09. The van der Waals surface area contributed by atoms with Gasteiger partial charge in [-0.1, -0.05) is 5.16 Å². The molecule has 32 heavy (non-hydrogen) atoms. The lowest BCUT2D eigenvalue weighted by Gasteiger charge is -2.30. The molecule has 1 aliphatic rings. The van der Waals surface area contributed by atoms with E-state index in [9.17, 15) is 18.0 Å². The van der Waals surface area contributed by atoms with Gasteiger partial charge in [0.15, 0.2) is 11.9 Å². The maximum Gasteiger partial charge on any atom is 0.341 e. The molecule has 1 aromatic carbocycles. The van der Waals surface area contributed by atoms with Gasteiger partial charge >= 0.3 is 5.97 Å². The van der Waals surface area contributed by atoms with Crippen LogP contribution in [0.15, 0.2) is 33.7 Å². The molecule has 1 saturated heterocycles. The van der Waals surface area contributed by atoms with Crippen LogP contribution in [0.5, 0.6) is 0 Å². The first kappa shape index (κ1) is 23.7. The van der Waals surface area contributed by atoms with Crippen LogP contribution in [0.3, 0.4) is 0 Å². The van der Waals surface area contributed by atoms with Gasteiger partial charge in [-0.05, 0) is 32.0 Å². The van der Waals surface area contributed by atoms with Crippen LogP contribution < -0.4 is 10.2 Å². The van der Waals surface area contributed by atoms with Crippen molar-refractivity contribution in [3.05, 3.63) is 35.6 Å². The van der Waals surface area contributed by atoms with Gasteiger partial charge in [-0.3, -0.25) is 4.79 Å². The summed E-state index contributed by atoms with van der Waals surface area (Å²) in [5, 5.41) is 6.17. The molecule has 174 valence electrons. The summed E-state index contributed by atoms with van der Waals surface area (Å²) in [5.41, 5.74) is 0.558. The van der Waals surface area contributed by atoms with E-state index in [1.165, 1.54) is 39.2 Å². The largest absolute Gasteiger partial charge is 0.449 e. The molecule has 0 bridgehead atoms. The molecule has 0 spiro atoms. The van der Waals surface area contributed by atoms with Crippen LogP contribution in [0.25, 0.3) is 0 Å². The standard InChI is InChI=1S/C20H26N4O7S/c1-13-11-18(22-31-13)21-19(25)14(2)30-20(26)16-12-15(32(27,28)23(3)4)5-6-17(16)24-7-9-29-10-8-24/h5-6,11-12,14H,7-10H2,1-4H3,(H,21,22,25)/t14-/m0/s1. The minimum Gasteiger partial charge on any atom is -0.449 e. The zero-order chi connectivity index (χ0) is 23.5. The molecule has 1 aliphatic heterocycles. The maximum absolute atomic E-state index is 13.0. The van der Waals surface area contributed by atoms with Crippen molar-refractivity contribution in [3.8, 4) is 0 Å². The number of carbonyl (C=O) groups excluding carboxylic acids is 2. The number of morpholine rings is 1. The lowest BCUT2D eigenvalue weighted by Crippen LogP contribution is -2.37. The van der Waals surface area contributed by atoms with E-state index in [1.807, 2.05) is 4.90 Å². The lowest BCUT2D eigenvalue weighted by atomic mass is 10.1. The Morgan fingerprint density at radius 3 is 2.50 bits per heavy atom. The van der Waals surface area contributed by atoms with Gasteiger partial charge < -0.3 is 24.2 Å². The molecule has 0 saturated carbocycles. The fourth-order valence-electron chi connectivity index (χ4n) is 3.06.